The highest BCUT2D eigenvalue weighted by Gasteiger charge is 2.40. The van der Waals surface area contributed by atoms with Crippen molar-refractivity contribution in [3.05, 3.63) is 60.2 Å². The third-order valence-corrected chi connectivity index (χ3v) is 6.85. The summed E-state index contributed by atoms with van der Waals surface area (Å²) in [5.74, 6) is 5.15. The van der Waals surface area contributed by atoms with Crippen LogP contribution in [-0.4, -0.2) is 44.7 Å². The highest BCUT2D eigenvalue weighted by molar-refractivity contribution is 5.66. The smallest absolute Gasteiger partial charge is 0.303 e. The zero-order valence-electron chi connectivity index (χ0n) is 19.6. The van der Waals surface area contributed by atoms with E-state index in [1.807, 2.05) is 42.5 Å². The average molecular weight is 465 g/mol. The van der Waals surface area contributed by atoms with Crippen molar-refractivity contribution >= 4 is 5.97 Å². The summed E-state index contributed by atoms with van der Waals surface area (Å²) < 4.78 is 0. The van der Waals surface area contributed by atoms with Crippen LogP contribution in [0.4, 0.5) is 0 Å². The summed E-state index contributed by atoms with van der Waals surface area (Å²) in [5, 5.41) is 39.9. The van der Waals surface area contributed by atoms with Gasteiger partial charge >= 0.3 is 5.97 Å². The van der Waals surface area contributed by atoms with Crippen molar-refractivity contribution in [2.24, 2.45) is 11.8 Å². The predicted molar refractivity (Wildman–Crippen MR) is 133 cm³/mol. The summed E-state index contributed by atoms with van der Waals surface area (Å²) in [6.45, 7) is 0. The van der Waals surface area contributed by atoms with Gasteiger partial charge in [0.05, 0.1) is 12.2 Å². The van der Waals surface area contributed by atoms with Gasteiger partial charge in [0, 0.05) is 12.0 Å². The Labute approximate surface area is 202 Å². The van der Waals surface area contributed by atoms with E-state index in [0.29, 0.717) is 25.7 Å². The van der Waals surface area contributed by atoms with Gasteiger partial charge in [-0.25, -0.2) is 0 Å². The first-order valence-corrected chi connectivity index (χ1v) is 12.4. The summed E-state index contributed by atoms with van der Waals surface area (Å²) in [6, 6.07) is 18.1. The van der Waals surface area contributed by atoms with Gasteiger partial charge in [0.15, 0.2) is 0 Å². The Hall–Kier alpha value is -2.65. The summed E-state index contributed by atoms with van der Waals surface area (Å²) in [6.07, 6.45) is 3.97. The van der Waals surface area contributed by atoms with E-state index in [0.717, 1.165) is 42.4 Å². The van der Waals surface area contributed by atoms with Gasteiger partial charge in [-0.3, -0.25) is 4.79 Å². The molecule has 4 N–H and O–H groups in total. The number of aliphatic hydroxyl groups is 3. The minimum absolute atomic E-state index is 0.0140. The number of benzene rings is 2. The number of hydrogen-bond donors (Lipinski definition) is 4. The van der Waals surface area contributed by atoms with Crippen molar-refractivity contribution in [3.63, 3.8) is 0 Å². The van der Waals surface area contributed by atoms with E-state index in [1.54, 1.807) is 0 Å². The molecule has 0 heterocycles. The van der Waals surface area contributed by atoms with Crippen LogP contribution in [0, 0.1) is 23.7 Å². The van der Waals surface area contributed by atoms with Gasteiger partial charge < -0.3 is 20.4 Å². The number of aliphatic carboxylic acids is 1. The molecule has 3 rings (SSSR count). The number of unbranched alkanes of at least 4 members (excludes halogenated alkanes) is 3. The second-order valence-corrected chi connectivity index (χ2v) is 9.35. The largest absolute Gasteiger partial charge is 0.481 e. The summed E-state index contributed by atoms with van der Waals surface area (Å²) in [4.78, 5) is 10.6. The Morgan fingerprint density at radius 1 is 0.853 bits per heavy atom. The maximum absolute atomic E-state index is 10.6. The average Bonchev–Trinajstić information content (AvgIpc) is 3.11. The fourth-order valence-electron chi connectivity index (χ4n) is 4.96. The third kappa shape index (κ3) is 7.99. The maximum Gasteiger partial charge on any atom is 0.303 e. The van der Waals surface area contributed by atoms with Crippen LogP contribution in [0.3, 0.4) is 0 Å². The van der Waals surface area contributed by atoms with E-state index < -0.39 is 24.3 Å². The molecule has 0 amide bonds. The minimum Gasteiger partial charge on any atom is -0.481 e. The third-order valence-electron chi connectivity index (χ3n) is 6.85. The van der Waals surface area contributed by atoms with Crippen LogP contribution in [-0.2, 0) is 4.79 Å². The van der Waals surface area contributed by atoms with E-state index in [1.165, 1.54) is 0 Å². The topological polar surface area (TPSA) is 98.0 Å². The molecule has 1 saturated carbocycles. The van der Waals surface area contributed by atoms with Crippen molar-refractivity contribution in [1.29, 1.82) is 0 Å². The molecular formula is C29H36O5. The molecule has 5 nitrogen and oxygen atoms in total. The molecule has 1 aliphatic rings. The highest BCUT2D eigenvalue weighted by Crippen LogP contribution is 2.39. The zero-order chi connectivity index (χ0) is 24.3. The first-order valence-electron chi connectivity index (χ1n) is 12.4. The van der Waals surface area contributed by atoms with Crippen molar-refractivity contribution < 1.29 is 25.2 Å². The lowest BCUT2D eigenvalue weighted by atomic mass is 9.85. The van der Waals surface area contributed by atoms with Gasteiger partial charge in [-0.15, -0.1) is 0 Å². The van der Waals surface area contributed by atoms with Crippen LogP contribution < -0.4 is 0 Å². The van der Waals surface area contributed by atoms with Crippen LogP contribution >= 0.6 is 0 Å². The second-order valence-electron chi connectivity index (χ2n) is 9.35. The van der Waals surface area contributed by atoms with Gasteiger partial charge in [-0.05, 0) is 67.2 Å². The zero-order valence-corrected chi connectivity index (χ0v) is 19.6. The van der Waals surface area contributed by atoms with Crippen molar-refractivity contribution in [1.82, 2.24) is 0 Å². The van der Waals surface area contributed by atoms with Gasteiger partial charge in [0.2, 0.25) is 0 Å². The Bertz CT molecular complexity index is 944. The molecule has 5 atom stereocenters. The van der Waals surface area contributed by atoms with Crippen LogP contribution in [0.25, 0.3) is 11.1 Å². The standard InChI is InChI=1S/C29H36O5/c30-24(17-14-21-12-15-23(16-13-21)22-8-4-3-5-9-22)18-19-26-25(27(31)20-28(26)32)10-6-1-2-7-11-29(33)34/h3-5,8-9,12-13,15-16,24-28,30-32H,1-2,6-7,10-11,18-20H2,(H,33,34)/t24?,25?,26?,27-,28+/m0/s1. The summed E-state index contributed by atoms with van der Waals surface area (Å²) in [7, 11) is 0. The minimum atomic E-state index is -0.782. The molecule has 0 radical (unpaired) electrons. The highest BCUT2D eigenvalue weighted by atomic mass is 16.4. The van der Waals surface area contributed by atoms with E-state index >= 15 is 0 Å². The molecule has 0 spiro atoms. The molecule has 2 aromatic rings. The first-order chi connectivity index (χ1) is 16.4. The molecule has 3 unspecified atom stereocenters. The Kier molecular flexibility index (Phi) is 10.2. The molecule has 34 heavy (non-hydrogen) atoms. The lowest BCUT2D eigenvalue weighted by Gasteiger charge is -2.24. The van der Waals surface area contributed by atoms with Crippen molar-refractivity contribution in [2.75, 3.05) is 0 Å². The lowest BCUT2D eigenvalue weighted by Crippen LogP contribution is -2.23. The van der Waals surface area contributed by atoms with Crippen molar-refractivity contribution in [2.45, 2.75) is 76.1 Å². The molecule has 1 aliphatic carbocycles. The van der Waals surface area contributed by atoms with Crippen LogP contribution in [0.2, 0.25) is 0 Å². The molecular weight excluding hydrogens is 428 g/mol. The number of carbonyl (C=O) groups is 1. The van der Waals surface area contributed by atoms with E-state index in [4.69, 9.17) is 5.11 Å². The first kappa shape index (κ1) is 26.0. The second kappa shape index (κ2) is 13.3. The van der Waals surface area contributed by atoms with E-state index in [-0.39, 0.29) is 18.3 Å². The van der Waals surface area contributed by atoms with Gasteiger partial charge in [0.25, 0.3) is 0 Å². The normalized spacial score (nSPS) is 22.7. The fourth-order valence-corrected chi connectivity index (χ4v) is 4.96. The fraction of sp³-hybridized carbons (Fsp3) is 0.483. The SMILES string of the molecule is O=C(O)CCCCCCC1C(CCC(O)C#Cc2ccc(-c3ccccc3)cc2)[C@H](O)C[C@@H]1O. The van der Waals surface area contributed by atoms with Crippen LogP contribution in [0.1, 0.15) is 63.4 Å². The number of carboxylic acid groups (broad SMARTS) is 1. The predicted octanol–water partition coefficient (Wildman–Crippen LogP) is 4.63. The molecule has 182 valence electrons. The Balaban J connectivity index is 1.46. The van der Waals surface area contributed by atoms with Gasteiger partial charge in [-0.2, -0.15) is 0 Å². The van der Waals surface area contributed by atoms with E-state index in [9.17, 15) is 20.1 Å². The molecule has 0 bridgehead atoms. The quantitative estimate of drug-likeness (QED) is 0.287. The lowest BCUT2D eigenvalue weighted by molar-refractivity contribution is -0.137. The summed E-state index contributed by atoms with van der Waals surface area (Å²) >= 11 is 0. The van der Waals surface area contributed by atoms with Crippen molar-refractivity contribution in [3.8, 4) is 23.0 Å². The van der Waals surface area contributed by atoms with Gasteiger partial charge in [-0.1, -0.05) is 73.6 Å². The Morgan fingerprint density at radius 2 is 1.47 bits per heavy atom. The molecule has 2 aromatic carbocycles. The molecule has 0 aliphatic heterocycles. The molecule has 1 fully saturated rings. The van der Waals surface area contributed by atoms with E-state index in [2.05, 4.69) is 24.0 Å². The number of carboxylic acids is 1. The number of rotatable bonds is 11. The van der Waals surface area contributed by atoms with Gasteiger partial charge in [0.1, 0.15) is 6.10 Å². The maximum atomic E-state index is 10.6. The summed E-state index contributed by atoms with van der Waals surface area (Å²) in [5.41, 5.74) is 3.11. The number of hydrogen-bond acceptors (Lipinski definition) is 4. The molecule has 0 aromatic heterocycles. The Morgan fingerprint density at radius 3 is 2.15 bits per heavy atom. The molecule has 5 heteroatoms. The van der Waals surface area contributed by atoms with Crippen LogP contribution in [0.15, 0.2) is 54.6 Å². The van der Waals surface area contributed by atoms with Crippen LogP contribution in [0.5, 0.6) is 0 Å². The number of aliphatic hydroxyl groups excluding tert-OH is 3. The molecule has 0 saturated heterocycles. The monoisotopic (exact) mass is 464 g/mol.